The van der Waals surface area contributed by atoms with Gasteiger partial charge in [0.15, 0.2) is 0 Å². The van der Waals surface area contributed by atoms with E-state index < -0.39 is 0 Å². The highest BCUT2D eigenvalue weighted by Crippen LogP contribution is 2.33. The van der Waals surface area contributed by atoms with Crippen molar-refractivity contribution in [3.8, 4) is 22.4 Å². The number of likely N-dealkylation sites (tertiary alicyclic amines) is 1. The summed E-state index contributed by atoms with van der Waals surface area (Å²) in [6, 6.07) is 12.8. The molecule has 0 amide bonds. The van der Waals surface area contributed by atoms with E-state index in [0.29, 0.717) is 0 Å². The first-order chi connectivity index (χ1) is 11.3. The number of pyridine rings is 1. The zero-order valence-corrected chi connectivity index (χ0v) is 12.8. The number of hydrogen-bond acceptors (Lipinski definition) is 2. The highest BCUT2D eigenvalue weighted by atomic mass is 19.1. The van der Waals surface area contributed by atoms with Crippen LogP contribution in [-0.2, 0) is 6.54 Å². The molecule has 0 aliphatic carbocycles. The summed E-state index contributed by atoms with van der Waals surface area (Å²) in [5, 5.41) is 0. The molecule has 2 aromatic heterocycles. The third kappa shape index (κ3) is 2.90. The number of nitrogens with zero attached hydrogens (tertiary/aromatic N) is 2. The van der Waals surface area contributed by atoms with E-state index in [-0.39, 0.29) is 5.82 Å². The van der Waals surface area contributed by atoms with Gasteiger partial charge in [0.25, 0.3) is 0 Å². The zero-order valence-electron chi connectivity index (χ0n) is 12.8. The number of aromatic nitrogens is 2. The highest BCUT2D eigenvalue weighted by molar-refractivity contribution is 5.81. The van der Waals surface area contributed by atoms with E-state index in [2.05, 4.69) is 20.9 Å². The van der Waals surface area contributed by atoms with E-state index in [4.69, 9.17) is 0 Å². The Kier molecular flexibility index (Phi) is 3.67. The second-order valence-electron chi connectivity index (χ2n) is 5.96. The molecule has 0 spiro atoms. The van der Waals surface area contributed by atoms with Crippen molar-refractivity contribution in [2.75, 3.05) is 13.1 Å². The number of H-pyrrole nitrogens is 1. The summed E-state index contributed by atoms with van der Waals surface area (Å²) in [6.07, 6.45) is 4.88. The standard InChI is InChI=1S/C19H18FN3/c20-16-4-2-15(3-5-16)19-18(14-6-8-21-9-7-14)12-17(22-19)13-23-10-1-11-23/h2-9,12,22H,1,10-11,13H2. The largest absolute Gasteiger partial charge is 0.357 e. The van der Waals surface area contributed by atoms with Crippen LogP contribution in [0, 0.1) is 5.82 Å². The summed E-state index contributed by atoms with van der Waals surface area (Å²) in [6.45, 7) is 3.25. The van der Waals surface area contributed by atoms with Gasteiger partial charge in [0.1, 0.15) is 5.82 Å². The molecule has 1 aromatic carbocycles. The zero-order chi connectivity index (χ0) is 15.6. The molecule has 0 atom stereocenters. The number of halogens is 1. The maximum absolute atomic E-state index is 13.2. The van der Waals surface area contributed by atoms with Crippen LogP contribution in [0.2, 0.25) is 0 Å². The van der Waals surface area contributed by atoms with Crippen molar-refractivity contribution in [2.24, 2.45) is 0 Å². The number of nitrogens with one attached hydrogen (secondary N) is 1. The van der Waals surface area contributed by atoms with Crippen LogP contribution in [0.4, 0.5) is 4.39 Å². The molecular formula is C19H18FN3. The van der Waals surface area contributed by atoms with Crippen molar-refractivity contribution >= 4 is 0 Å². The molecule has 0 radical (unpaired) electrons. The van der Waals surface area contributed by atoms with Crippen LogP contribution in [0.3, 0.4) is 0 Å². The van der Waals surface area contributed by atoms with Gasteiger partial charge in [-0.15, -0.1) is 0 Å². The smallest absolute Gasteiger partial charge is 0.123 e. The Morgan fingerprint density at radius 1 is 1.00 bits per heavy atom. The quantitative estimate of drug-likeness (QED) is 0.787. The molecule has 4 heteroatoms. The lowest BCUT2D eigenvalue weighted by atomic mass is 10.0. The molecule has 1 N–H and O–H groups in total. The molecule has 116 valence electrons. The minimum atomic E-state index is -0.216. The fraction of sp³-hybridized carbons (Fsp3) is 0.211. The summed E-state index contributed by atoms with van der Waals surface area (Å²) >= 11 is 0. The van der Waals surface area contributed by atoms with Gasteiger partial charge < -0.3 is 4.98 Å². The molecular weight excluding hydrogens is 289 g/mol. The fourth-order valence-electron chi connectivity index (χ4n) is 2.98. The predicted octanol–water partition coefficient (Wildman–Crippen LogP) is 4.09. The van der Waals surface area contributed by atoms with Gasteiger partial charge in [0.2, 0.25) is 0 Å². The molecule has 1 aliphatic heterocycles. The molecule has 3 heterocycles. The van der Waals surface area contributed by atoms with E-state index in [1.54, 1.807) is 12.4 Å². The summed E-state index contributed by atoms with van der Waals surface area (Å²) in [5.74, 6) is -0.216. The average molecular weight is 307 g/mol. The molecule has 3 aromatic rings. The SMILES string of the molecule is Fc1ccc(-c2[nH]c(CN3CCC3)cc2-c2ccncc2)cc1. The first-order valence-electron chi connectivity index (χ1n) is 7.90. The van der Waals surface area contributed by atoms with Crippen LogP contribution < -0.4 is 0 Å². The highest BCUT2D eigenvalue weighted by Gasteiger charge is 2.17. The summed E-state index contributed by atoms with van der Waals surface area (Å²) < 4.78 is 13.2. The topological polar surface area (TPSA) is 31.9 Å². The van der Waals surface area contributed by atoms with Crippen LogP contribution in [-0.4, -0.2) is 28.0 Å². The minimum Gasteiger partial charge on any atom is -0.357 e. The van der Waals surface area contributed by atoms with Crippen molar-refractivity contribution in [3.05, 3.63) is 66.4 Å². The first kappa shape index (κ1) is 14.2. The Hall–Kier alpha value is -2.46. The second-order valence-corrected chi connectivity index (χ2v) is 5.96. The van der Waals surface area contributed by atoms with E-state index in [1.807, 2.05) is 24.3 Å². The number of rotatable bonds is 4. The maximum Gasteiger partial charge on any atom is 0.123 e. The van der Waals surface area contributed by atoms with Crippen molar-refractivity contribution in [1.82, 2.24) is 14.9 Å². The van der Waals surface area contributed by atoms with Gasteiger partial charge in [-0.25, -0.2) is 4.39 Å². The third-order valence-electron chi connectivity index (χ3n) is 4.34. The lowest BCUT2D eigenvalue weighted by Crippen LogP contribution is -2.36. The van der Waals surface area contributed by atoms with Gasteiger partial charge in [-0.05, 0) is 73.1 Å². The maximum atomic E-state index is 13.2. The Morgan fingerprint density at radius 2 is 1.74 bits per heavy atom. The van der Waals surface area contributed by atoms with Crippen LogP contribution in [0.5, 0.6) is 0 Å². The minimum absolute atomic E-state index is 0.216. The van der Waals surface area contributed by atoms with Gasteiger partial charge in [0.05, 0.1) is 5.69 Å². The fourth-order valence-corrected chi connectivity index (χ4v) is 2.98. The lowest BCUT2D eigenvalue weighted by molar-refractivity contribution is 0.171. The van der Waals surface area contributed by atoms with Crippen molar-refractivity contribution in [3.63, 3.8) is 0 Å². The van der Waals surface area contributed by atoms with Crippen LogP contribution in [0.15, 0.2) is 54.9 Å². The average Bonchev–Trinajstić information content (AvgIpc) is 2.97. The third-order valence-corrected chi connectivity index (χ3v) is 4.34. The molecule has 1 aliphatic rings. The van der Waals surface area contributed by atoms with E-state index >= 15 is 0 Å². The van der Waals surface area contributed by atoms with Crippen LogP contribution in [0.1, 0.15) is 12.1 Å². The predicted molar refractivity (Wildman–Crippen MR) is 89.3 cm³/mol. The van der Waals surface area contributed by atoms with Crippen molar-refractivity contribution in [1.29, 1.82) is 0 Å². The molecule has 0 unspecified atom stereocenters. The lowest BCUT2D eigenvalue weighted by Gasteiger charge is -2.30. The van der Waals surface area contributed by atoms with Gasteiger partial charge >= 0.3 is 0 Å². The Balaban J connectivity index is 1.76. The molecule has 4 rings (SSSR count). The van der Waals surface area contributed by atoms with Gasteiger partial charge in [-0.1, -0.05) is 0 Å². The molecule has 23 heavy (non-hydrogen) atoms. The first-order valence-corrected chi connectivity index (χ1v) is 7.90. The van der Waals surface area contributed by atoms with Gasteiger partial charge in [0, 0.05) is 30.2 Å². The van der Waals surface area contributed by atoms with Crippen LogP contribution in [0.25, 0.3) is 22.4 Å². The summed E-state index contributed by atoms with van der Waals surface area (Å²) in [5.41, 5.74) is 5.47. The Morgan fingerprint density at radius 3 is 2.39 bits per heavy atom. The van der Waals surface area contributed by atoms with E-state index in [1.165, 1.54) is 24.2 Å². The molecule has 0 saturated carbocycles. The van der Waals surface area contributed by atoms with Crippen molar-refractivity contribution in [2.45, 2.75) is 13.0 Å². The summed E-state index contributed by atoms with van der Waals surface area (Å²) in [7, 11) is 0. The van der Waals surface area contributed by atoms with Crippen molar-refractivity contribution < 1.29 is 4.39 Å². The van der Waals surface area contributed by atoms with E-state index in [0.717, 1.165) is 42.0 Å². The normalized spacial score (nSPS) is 14.7. The molecule has 1 fully saturated rings. The van der Waals surface area contributed by atoms with Gasteiger partial charge in [-0.3, -0.25) is 9.88 Å². The second kappa shape index (κ2) is 5.97. The number of hydrogen-bond donors (Lipinski definition) is 1. The Labute approximate surface area is 134 Å². The number of benzene rings is 1. The van der Waals surface area contributed by atoms with Gasteiger partial charge in [-0.2, -0.15) is 0 Å². The van der Waals surface area contributed by atoms with Crippen LogP contribution >= 0.6 is 0 Å². The summed E-state index contributed by atoms with van der Waals surface area (Å²) in [4.78, 5) is 10.0. The molecule has 1 saturated heterocycles. The monoisotopic (exact) mass is 307 g/mol. The van der Waals surface area contributed by atoms with E-state index in [9.17, 15) is 4.39 Å². The molecule has 3 nitrogen and oxygen atoms in total. The Bertz CT molecular complexity index is 789. The molecule has 0 bridgehead atoms. The number of aromatic amines is 1.